The zero-order valence-electron chi connectivity index (χ0n) is 8.40. The van der Waals surface area contributed by atoms with Gasteiger partial charge in [0.15, 0.2) is 0 Å². The van der Waals surface area contributed by atoms with Gasteiger partial charge in [0.05, 0.1) is 0 Å². The second kappa shape index (κ2) is 5.20. The molecule has 0 aliphatic heterocycles. The Balaban J connectivity index is 2.47. The lowest BCUT2D eigenvalue weighted by atomic mass is 10.3. The molecule has 0 N–H and O–H groups in total. The third-order valence-corrected chi connectivity index (χ3v) is 1.65. The Bertz CT molecular complexity index is 330. The van der Waals surface area contributed by atoms with Crippen LogP contribution >= 0.6 is 0 Å². The molecule has 0 amide bonds. The zero-order chi connectivity index (χ0) is 10.4. The molecule has 1 aromatic rings. The summed E-state index contributed by atoms with van der Waals surface area (Å²) in [4.78, 5) is 5.88. The Hall–Kier alpha value is -1.60. The standard InChI is InChI=1S/C10H13N3O/c1-13(2)5-6-14-10-3-4-12-9(7-10)8-11/h3-4,7H,5-6H2,1-2H3. The van der Waals surface area contributed by atoms with Gasteiger partial charge in [-0.2, -0.15) is 5.26 Å². The number of hydrogen-bond donors (Lipinski definition) is 0. The highest BCUT2D eigenvalue weighted by Crippen LogP contribution is 2.09. The van der Waals surface area contributed by atoms with Crippen molar-refractivity contribution in [2.75, 3.05) is 27.2 Å². The number of nitriles is 1. The second-order valence-electron chi connectivity index (χ2n) is 3.14. The number of nitrogens with zero attached hydrogens (tertiary/aromatic N) is 3. The fraction of sp³-hybridized carbons (Fsp3) is 0.400. The van der Waals surface area contributed by atoms with Gasteiger partial charge in [-0.25, -0.2) is 4.98 Å². The quantitative estimate of drug-likeness (QED) is 0.709. The number of likely N-dealkylation sites (N-methyl/N-ethyl adjacent to an activating group) is 1. The van der Waals surface area contributed by atoms with E-state index in [0.29, 0.717) is 18.1 Å². The van der Waals surface area contributed by atoms with E-state index in [4.69, 9.17) is 10.00 Å². The molecule has 0 unspecified atom stereocenters. The number of pyridine rings is 1. The predicted molar refractivity (Wildman–Crippen MR) is 53.0 cm³/mol. The fourth-order valence-corrected chi connectivity index (χ4v) is 0.908. The van der Waals surface area contributed by atoms with Crippen LogP contribution in [-0.4, -0.2) is 37.1 Å². The first-order valence-electron chi connectivity index (χ1n) is 4.36. The van der Waals surface area contributed by atoms with Crippen LogP contribution in [0.3, 0.4) is 0 Å². The molecule has 4 heteroatoms. The minimum absolute atomic E-state index is 0.382. The maximum absolute atomic E-state index is 8.60. The van der Waals surface area contributed by atoms with Gasteiger partial charge in [0.2, 0.25) is 0 Å². The van der Waals surface area contributed by atoms with E-state index in [9.17, 15) is 0 Å². The van der Waals surface area contributed by atoms with Crippen LogP contribution in [0.4, 0.5) is 0 Å². The topological polar surface area (TPSA) is 49.1 Å². The average Bonchev–Trinajstić information content (AvgIpc) is 2.18. The molecule has 4 nitrogen and oxygen atoms in total. The van der Waals surface area contributed by atoms with E-state index in [1.807, 2.05) is 25.1 Å². The van der Waals surface area contributed by atoms with Gasteiger partial charge >= 0.3 is 0 Å². The van der Waals surface area contributed by atoms with Crippen molar-refractivity contribution in [3.8, 4) is 11.8 Å². The predicted octanol–water partition coefficient (Wildman–Crippen LogP) is 0.894. The summed E-state index contributed by atoms with van der Waals surface area (Å²) in [6.07, 6.45) is 1.57. The van der Waals surface area contributed by atoms with E-state index >= 15 is 0 Å². The van der Waals surface area contributed by atoms with Crippen molar-refractivity contribution in [3.05, 3.63) is 24.0 Å². The molecule has 0 spiro atoms. The van der Waals surface area contributed by atoms with Gasteiger partial charge in [0.25, 0.3) is 0 Å². The van der Waals surface area contributed by atoms with E-state index in [-0.39, 0.29) is 0 Å². The summed E-state index contributed by atoms with van der Waals surface area (Å²) in [7, 11) is 3.97. The van der Waals surface area contributed by atoms with E-state index in [1.54, 1.807) is 18.3 Å². The molecule has 1 heterocycles. The van der Waals surface area contributed by atoms with Crippen LogP contribution in [-0.2, 0) is 0 Å². The molecule has 14 heavy (non-hydrogen) atoms. The number of aromatic nitrogens is 1. The van der Waals surface area contributed by atoms with E-state index in [1.165, 1.54) is 0 Å². The highest BCUT2D eigenvalue weighted by molar-refractivity contribution is 5.29. The first-order valence-corrected chi connectivity index (χ1v) is 4.36. The summed E-state index contributed by atoms with van der Waals surface area (Å²) in [5.41, 5.74) is 0.382. The molecule has 0 aliphatic rings. The molecule has 74 valence electrons. The van der Waals surface area contributed by atoms with Crippen LogP contribution in [0.25, 0.3) is 0 Å². The Morgan fingerprint density at radius 3 is 3.00 bits per heavy atom. The maximum atomic E-state index is 8.60. The van der Waals surface area contributed by atoms with Crippen molar-refractivity contribution in [2.45, 2.75) is 0 Å². The van der Waals surface area contributed by atoms with Gasteiger partial charge in [0, 0.05) is 18.8 Å². The van der Waals surface area contributed by atoms with Gasteiger partial charge in [-0.3, -0.25) is 0 Å². The smallest absolute Gasteiger partial charge is 0.144 e. The first kappa shape index (κ1) is 10.5. The van der Waals surface area contributed by atoms with E-state index in [0.717, 1.165) is 6.54 Å². The Kier molecular flexibility index (Phi) is 3.89. The summed E-state index contributed by atoms with van der Waals surface area (Å²) in [6, 6.07) is 5.35. The normalized spacial score (nSPS) is 9.86. The Morgan fingerprint density at radius 2 is 2.36 bits per heavy atom. The molecule has 0 bridgehead atoms. The zero-order valence-corrected chi connectivity index (χ0v) is 8.40. The van der Waals surface area contributed by atoms with Crippen molar-refractivity contribution in [1.29, 1.82) is 5.26 Å². The molecule has 0 aromatic carbocycles. The van der Waals surface area contributed by atoms with E-state index < -0.39 is 0 Å². The van der Waals surface area contributed by atoms with Crippen molar-refractivity contribution in [1.82, 2.24) is 9.88 Å². The van der Waals surface area contributed by atoms with Crippen molar-refractivity contribution in [2.24, 2.45) is 0 Å². The highest BCUT2D eigenvalue weighted by atomic mass is 16.5. The fourth-order valence-electron chi connectivity index (χ4n) is 0.908. The highest BCUT2D eigenvalue weighted by Gasteiger charge is 1.97. The molecule has 1 rings (SSSR count). The second-order valence-corrected chi connectivity index (χ2v) is 3.14. The van der Waals surface area contributed by atoms with Gasteiger partial charge < -0.3 is 9.64 Å². The number of rotatable bonds is 4. The van der Waals surface area contributed by atoms with Crippen LogP contribution in [0, 0.1) is 11.3 Å². The van der Waals surface area contributed by atoms with Crippen molar-refractivity contribution < 1.29 is 4.74 Å². The number of hydrogen-bond acceptors (Lipinski definition) is 4. The average molecular weight is 191 g/mol. The van der Waals surface area contributed by atoms with Crippen LogP contribution < -0.4 is 4.74 Å². The van der Waals surface area contributed by atoms with Gasteiger partial charge in [-0.1, -0.05) is 0 Å². The summed E-state index contributed by atoms with van der Waals surface area (Å²) < 4.78 is 5.43. The van der Waals surface area contributed by atoms with E-state index in [2.05, 4.69) is 4.98 Å². The van der Waals surface area contributed by atoms with Crippen LogP contribution in [0.15, 0.2) is 18.3 Å². The van der Waals surface area contributed by atoms with Crippen LogP contribution in [0.1, 0.15) is 5.69 Å². The third-order valence-electron chi connectivity index (χ3n) is 1.65. The summed E-state index contributed by atoms with van der Waals surface area (Å²) >= 11 is 0. The van der Waals surface area contributed by atoms with Gasteiger partial charge in [-0.05, 0) is 20.2 Å². The van der Waals surface area contributed by atoms with Gasteiger partial charge in [-0.15, -0.1) is 0 Å². The molecule has 0 aliphatic carbocycles. The molecule has 0 saturated carbocycles. The Morgan fingerprint density at radius 1 is 1.57 bits per heavy atom. The largest absolute Gasteiger partial charge is 0.492 e. The molecule has 1 aromatic heterocycles. The van der Waals surface area contributed by atoms with Crippen molar-refractivity contribution in [3.63, 3.8) is 0 Å². The molecule has 0 radical (unpaired) electrons. The molecule has 0 atom stereocenters. The number of ether oxygens (including phenoxy) is 1. The summed E-state index contributed by atoms with van der Waals surface area (Å²) in [5, 5.41) is 8.60. The third kappa shape index (κ3) is 3.42. The molecular weight excluding hydrogens is 178 g/mol. The summed E-state index contributed by atoms with van der Waals surface area (Å²) in [5.74, 6) is 0.693. The first-order chi connectivity index (χ1) is 6.72. The molecule has 0 saturated heterocycles. The molecular formula is C10H13N3O. The lowest BCUT2D eigenvalue weighted by Crippen LogP contribution is -2.19. The monoisotopic (exact) mass is 191 g/mol. The lowest BCUT2D eigenvalue weighted by molar-refractivity contribution is 0.261. The maximum Gasteiger partial charge on any atom is 0.144 e. The minimum atomic E-state index is 0.382. The summed E-state index contributed by atoms with van der Waals surface area (Å²) in [6.45, 7) is 1.46. The molecule has 0 fully saturated rings. The SMILES string of the molecule is CN(C)CCOc1ccnc(C#N)c1. The van der Waals surface area contributed by atoms with Crippen LogP contribution in [0.2, 0.25) is 0 Å². The van der Waals surface area contributed by atoms with Gasteiger partial charge in [0.1, 0.15) is 24.1 Å². The van der Waals surface area contributed by atoms with Crippen LogP contribution in [0.5, 0.6) is 5.75 Å². The Labute approximate surface area is 83.7 Å². The minimum Gasteiger partial charge on any atom is -0.492 e. The lowest BCUT2D eigenvalue weighted by Gasteiger charge is -2.10. The van der Waals surface area contributed by atoms with Crippen molar-refractivity contribution >= 4 is 0 Å².